The maximum atomic E-state index is 12.7. The summed E-state index contributed by atoms with van der Waals surface area (Å²) in [5.41, 5.74) is 4.88. The first-order valence-electron chi connectivity index (χ1n) is 5.04. The monoisotopic (exact) mass is 295 g/mol. The van der Waals surface area contributed by atoms with E-state index in [1.54, 1.807) is 0 Å². The van der Waals surface area contributed by atoms with Gasteiger partial charge in [-0.15, -0.1) is 12.4 Å². The molecule has 0 amide bonds. The van der Waals surface area contributed by atoms with E-state index in [1.807, 2.05) is 0 Å². The average molecular weight is 296 g/mol. The molecular weight excluding hydrogens is 286 g/mol. The molecule has 0 aliphatic rings. The lowest BCUT2D eigenvalue weighted by Gasteiger charge is -2.05. The zero-order valence-corrected chi connectivity index (χ0v) is 10.3. The Kier molecular flexibility index (Phi) is 4.54. The molecule has 0 fully saturated rings. The Balaban J connectivity index is 0.00000180. The molecule has 0 unspecified atom stereocenters. The third kappa shape index (κ3) is 3.24. The number of aromatic nitrogens is 2. The summed E-state index contributed by atoms with van der Waals surface area (Å²) >= 11 is 0. The maximum Gasteiger partial charge on any atom is 0.435 e. The highest BCUT2D eigenvalue weighted by atomic mass is 35.5. The smallest absolute Gasteiger partial charge is 0.325 e. The summed E-state index contributed by atoms with van der Waals surface area (Å²) in [4.78, 5) is 0. The first-order valence-corrected chi connectivity index (χ1v) is 5.04. The molecule has 0 aliphatic heterocycles. The van der Waals surface area contributed by atoms with Gasteiger partial charge < -0.3 is 5.73 Å². The molecule has 2 N–H and O–H groups in total. The highest BCUT2D eigenvalue weighted by Gasteiger charge is 2.34. The fraction of sp³-hybridized carbons (Fsp3) is 0.182. The summed E-state index contributed by atoms with van der Waals surface area (Å²) in [6, 6.07) is 5.84. The molecule has 0 spiro atoms. The summed E-state index contributed by atoms with van der Waals surface area (Å²) in [6.45, 7) is -0.0968. The van der Waals surface area contributed by atoms with E-state index in [1.165, 1.54) is 12.1 Å². The second kappa shape index (κ2) is 5.58. The quantitative estimate of drug-likeness (QED) is 0.866. The summed E-state index contributed by atoms with van der Waals surface area (Å²) in [6.07, 6.45) is -4.53. The topological polar surface area (TPSA) is 43.8 Å². The minimum Gasteiger partial charge on any atom is -0.325 e. The minimum atomic E-state index is -4.53. The van der Waals surface area contributed by atoms with Crippen LogP contribution in [-0.2, 0) is 12.7 Å². The molecule has 2 aromatic rings. The van der Waals surface area contributed by atoms with Gasteiger partial charge in [0.25, 0.3) is 0 Å². The van der Waals surface area contributed by atoms with Crippen molar-refractivity contribution < 1.29 is 17.6 Å². The van der Waals surface area contributed by atoms with Gasteiger partial charge >= 0.3 is 6.18 Å². The van der Waals surface area contributed by atoms with Crippen molar-refractivity contribution in [1.82, 2.24) is 9.78 Å². The molecule has 0 saturated heterocycles. The third-order valence-corrected chi connectivity index (χ3v) is 2.35. The summed E-state index contributed by atoms with van der Waals surface area (Å²) < 4.78 is 51.4. The number of alkyl halides is 3. The molecular formula is C11H10ClF4N3. The number of benzene rings is 1. The van der Waals surface area contributed by atoms with E-state index in [9.17, 15) is 17.6 Å². The van der Waals surface area contributed by atoms with Crippen molar-refractivity contribution in [3.05, 3.63) is 47.5 Å². The van der Waals surface area contributed by atoms with E-state index in [0.717, 1.165) is 22.9 Å². The van der Waals surface area contributed by atoms with E-state index >= 15 is 0 Å². The lowest BCUT2D eigenvalue weighted by atomic mass is 10.3. The molecule has 0 radical (unpaired) electrons. The first kappa shape index (κ1) is 15.5. The number of rotatable bonds is 2. The highest BCUT2D eigenvalue weighted by Crippen LogP contribution is 2.29. The normalized spacial score (nSPS) is 11.2. The van der Waals surface area contributed by atoms with Crippen molar-refractivity contribution in [2.24, 2.45) is 5.73 Å². The standard InChI is InChI=1S/C11H9F4N3.ClH/c12-7-1-3-8(4-2-7)18-9(6-16)5-10(17-18)11(13,14)15;/h1-5H,6,16H2;1H. The SMILES string of the molecule is Cl.NCc1cc(C(F)(F)F)nn1-c1ccc(F)cc1. The molecule has 8 heteroatoms. The largest absolute Gasteiger partial charge is 0.435 e. The van der Waals surface area contributed by atoms with Crippen molar-refractivity contribution in [2.45, 2.75) is 12.7 Å². The zero-order valence-electron chi connectivity index (χ0n) is 9.49. The molecule has 1 aromatic carbocycles. The van der Waals surface area contributed by atoms with Crippen LogP contribution < -0.4 is 5.73 Å². The molecule has 104 valence electrons. The second-order valence-electron chi connectivity index (χ2n) is 3.61. The third-order valence-electron chi connectivity index (χ3n) is 2.35. The van der Waals surface area contributed by atoms with Gasteiger partial charge in [0, 0.05) is 6.54 Å². The van der Waals surface area contributed by atoms with Crippen molar-refractivity contribution in [3.63, 3.8) is 0 Å². The fourth-order valence-corrected chi connectivity index (χ4v) is 1.51. The molecule has 0 aliphatic carbocycles. The Hall–Kier alpha value is -1.60. The van der Waals surface area contributed by atoms with Gasteiger partial charge in [0.2, 0.25) is 0 Å². The summed E-state index contributed by atoms with van der Waals surface area (Å²) in [5.74, 6) is -0.476. The maximum absolute atomic E-state index is 12.7. The Labute approximate surface area is 112 Å². The lowest BCUT2D eigenvalue weighted by molar-refractivity contribution is -0.141. The van der Waals surface area contributed by atoms with Crippen molar-refractivity contribution >= 4 is 12.4 Å². The van der Waals surface area contributed by atoms with Gasteiger partial charge in [0.1, 0.15) is 5.82 Å². The van der Waals surface area contributed by atoms with E-state index in [-0.39, 0.29) is 24.6 Å². The number of halogens is 5. The number of hydrogen-bond donors (Lipinski definition) is 1. The van der Waals surface area contributed by atoms with Crippen LogP contribution in [0.3, 0.4) is 0 Å². The van der Waals surface area contributed by atoms with Crippen LogP contribution >= 0.6 is 12.4 Å². The van der Waals surface area contributed by atoms with Gasteiger partial charge in [-0.3, -0.25) is 0 Å². The van der Waals surface area contributed by atoms with Crippen molar-refractivity contribution in [1.29, 1.82) is 0 Å². The van der Waals surface area contributed by atoms with Gasteiger partial charge in [0.05, 0.1) is 11.4 Å². The molecule has 19 heavy (non-hydrogen) atoms. The Morgan fingerprint density at radius 2 is 1.74 bits per heavy atom. The molecule has 0 bridgehead atoms. The molecule has 0 atom stereocenters. The predicted octanol–water partition coefficient (Wildman–Crippen LogP) is 2.91. The van der Waals surface area contributed by atoms with Gasteiger partial charge in [0.15, 0.2) is 5.69 Å². The number of nitrogens with zero attached hydrogens (tertiary/aromatic N) is 2. The Morgan fingerprint density at radius 1 is 1.16 bits per heavy atom. The van der Waals surface area contributed by atoms with Crippen LogP contribution in [0.2, 0.25) is 0 Å². The number of hydrogen-bond acceptors (Lipinski definition) is 2. The van der Waals surface area contributed by atoms with E-state index in [0.29, 0.717) is 5.69 Å². The van der Waals surface area contributed by atoms with E-state index < -0.39 is 17.7 Å². The zero-order chi connectivity index (χ0) is 13.3. The van der Waals surface area contributed by atoms with E-state index in [2.05, 4.69) is 5.10 Å². The molecule has 1 aromatic heterocycles. The highest BCUT2D eigenvalue weighted by molar-refractivity contribution is 5.85. The van der Waals surface area contributed by atoms with Crippen molar-refractivity contribution in [3.8, 4) is 5.69 Å². The van der Waals surface area contributed by atoms with Crippen LogP contribution in [0.1, 0.15) is 11.4 Å². The van der Waals surface area contributed by atoms with Crippen LogP contribution in [0, 0.1) is 5.82 Å². The predicted molar refractivity (Wildman–Crippen MR) is 63.7 cm³/mol. The molecule has 1 heterocycles. The molecule has 0 saturated carbocycles. The summed E-state index contributed by atoms with van der Waals surface area (Å²) in [7, 11) is 0. The van der Waals surface area contributed by atoms with Crippen molar-refractivity contribution in [2.75, 3.05) is 0 Å². The Bertz CT molecular complexity index is 548. The number of nitrogens with two attached hydrogens (primary N) is 1. The van der Waals surface area contributed by atoms with Gasteiger partial charge in [-0.25, -0.2) is 9.07 Å². The van der Waals surface area contributed by atoms with E-state index in [4.69, 9.17) is 5.73 Å². The van der Waals surface area contributed by atoms with Crippen LogP contribution in [-0.4, -0.2) is 9.78 Å². The minimum absolute atomic E-state index is 0. The first-order chi connectivity index (χ1) is 8.41. The Morgan fingerprint density at radius 3 is 2.21 bits per heavy atom. The van der Waals surface area contributed by atoms with Crippen LogP contribution in [0.5, 0.6) is 0 Å². The fourth-order valence-electron chi connectivity index (χ4n) is 1.51. The molecule has 3 nitrogen and oxygen atoms in total. The van der Waals surface area contributed by atoms with Crippen LogP contribution in [0.25, 0.3) is 5.69 Å². The van der Waals surface area contributed by atoms with Gasteiger partial charge in [-0.2, -0.15) is 18.3 Å². The second-order valence-corrected chi connectivity index (χ2v) is 3.61. The molecule has 2 rings (SSSR count). The lowest BCUT2D eigenvalue weighted by Crippen LogP contribution is -2.08. The van der Waals surface area contributed by atoms with Gasteiger partial charge in [-0.1, -0.05) is 0 Å². The van der Waals surface area contributed by atoms with Crippen LogP contribution in [0.15, 0.2) is 30.3 Å². The summed E-state index contributed by atoms with van der Waals surface area (Å²) in [5, 5.41) is 3.44. The van der Waals surface area contributed by atoms with Gasteiger partial charge in [-0.05, 0) is 30.3 Å². The van der Waals surface area contributed by atoms with Crippen LogP contribution in [0.4, 0.5) is 17.6 Å². The average Bonchev–Trinajstić information content (AvgIpc) is 2.73.